The van der Waals surface area contributed by atoms with Crippen molar-refractivity contribution >= 4 is 5.71 Å². The molecule has 0 aromatic heterocycles. The molecule has 2 rings (SSSR count). The fourth-order valence-corrected chi connectivity index (χ4v) is 1.52. The topological polar surface area (TPSA) is 12.4 Å². The van der Waals surface area contributed by atoms with E-state index in [0.717, 1.165) is 24.1 Å². The van der Waals surface area contributed by atoms with Gasteiger partial charge in [0.25, 0.3) is 0 Å². The molecule has 0 unspecified atom stereocenters. The molecule has 1 aromatic carbocycles. The number of allylic oxidation sites excluding steroid dienone is 1. The van der Waals surface area contributed by atoms with E-state index >= 15 is 0 Å². The zero-order chi connectivity index (χ0) is 12.0. The van der Waals surface area contributed by atoms with Crippen molar-refractivity contribution in [1.29, 1.82) is 0 Å². The van der Waals surface area contributed by atoms with Gasteiger partial charge in [-0.25, -0.2) is 4.39 Å². The average Bonchev–Trinajstić information content (AvgIpc) is 2.32. The van der Waals surface area contributed by atoms with Crippen molar-refractivity contribution in [3.05, 3.63) is 47.4 Å². The molecule has 0 saturated heterocycles. The van der Waals surface area contributed by atoms with Crippen molar-refractivity contribution in [3.8, 4) is 0 Å². The summed E-state index contributed by atoms with van der Waals surface area (Å²) in [6.45, 7) is 6.06. The summed E-state index contributed by atoms with van der Waals surface area (Å²) >= 11 is 0. The Bertz CT molecular complexity index is 405. The fourth-order valence-electron chi connectivity index (χ4n) is 1.52. The van der Waals surface area contributed by atoms with Crippen LogP contribution in [0.1, 0.15) is 39.2 Å². The van der Waals surface area contributed by atoms with Crippen molar-refractivity contribution in [2.75, 3.05) is 0 Å². The van der Waals surface area contributed by atoms with Crippen LogP contribution in [-0.4, -0.2) is 5.71 Å². The molecule has 0 saturated carbocycles. The average molecular weight is 219 g/mol. The molecule has 2 heteroatoms. The number of aliphatic imine (C=N–C) groups is 1. The molecular formula is C14H18FN. The summed E-state index contributed by atoms with van der Waals surface area (Å²) in [4.78, 5) is 4.31. The molecule has 86 valence electrons. The van der Waals surface area contributed by atoms with Gasteiger partial charge in [0, 0.05) is 11.9 Å². The second-order valence-corrected chi connectivity index (χ2v) is 3.56. The Morgan fingerprint density at radius 3 is 2.50 bits per heavy atom. The normalized spacial score (nSPS) is 14.5. The lowest BCUT2D eigenvalue weighted by molar-refractivity contribution is 0.627. The quantitative estimate of drug-likeness (QED) is 0.666. The molecule has 0 atom stereocenters. The first-order valence-electron chi connectivity index (χ1n) is 5.74. The van der Waals surface area contributed by atoms with E-state index in [9.17, 15) is 4.39 Å². The third-order valence-corrected chi connectivity index (χ3v) is 2.35. The van der Waals surface area contributed by atoms with Crippen LogP contribution >= 0.6 is 0 Å². The van der Waals surface area contributed by atoms with E-state index in [-0.39, 0.29) is 5.82 Å². The molecule has 1 nitrogen and oxygen atoms in total. The largest absolute Gasteiger partial charge is 0.261 e. The number of rotatable bonds is 1. The first-order chi connectivity index (χ1) is 7.75. The fraction of sp³-hybridized carbons (Fsp3) is 0.357. The molecule has 0 fully saturated rings. The first-order valence-corrected chi connectivity index (χ1v) is 5.74. The maximum atomic E-state index is 12.9. The Morgan fingerprint density at radius 1 is 1.19 bits per heavy atom. The SMILES string of the molecule is CC.CC1=CN=C(c2cccc(F)c2)CC1. The van der Waals surface area contributed by atoms with E-state index < -0.39 is 0 Å². The Kier molecular flexibility index (Phi) is 4.90. The van der Waals surface area contributed by atoms with Crippen LogP contribution in [0.15, 0.2) is 41.0 Å². The van der Waals surface area contributed by atoms with Gasteiger partial charge < -0.3 is 0 Å². The predicted molar refractivity (Wildman–Crippen MR) is 67.3 cm³/mol. The number of nitrogens with zero attached hydrogens (tertiary/aromatic N) is 1. The van der Waals surface area contributed by atoms with Crippen molar-refractivity contribution < 1.29 is 4.39 Å². The molecule has 1 aliphatic heterocycles. The van der Waals surface area contributed by atoms with E-state index in [1.165, 1.54) is 17.7 Å². The van der Waals surface area contributed by atoms with Crippen molar-refractivity contribution in [2.45, 2.75) is 33.6 Å². The summed E-state index contributed by atoms with van der Waals surface area (Å²) in [7, 11) is 0. The lowest BCUT2D eigenvalue weighted by Gasteiger charge is -2.10. The second-order valence-electron chi connectivity index (χ2n) is 3.56. The standard InChI is InChI=1S/C12H12FN.C2H6/c1-9-5-6-12(14-8-9)10-3-2-4-11(13)7-10;1-2/h2-4,7-8H,5-6H2,1H3;1-2H3. The Hall–Kier alpha value is -1.44. The molecule has 0 amide bonds. The van der Waals surface area contributed by atoms with Crippen LogP contribution in [-0.2, 0) is 0 Å². The molecule has 1 aliphatic rings. The van der Waals surface area contributed by atoms with Crippen LogP contribution in [0.25, 0.3) is 0 Å². The lowest BCUT2D eigenvalue weighted by atomic mass is 10.0. The minimum absolute atomic E-state index is 0.198. The van der Waals surface area contributed by atoms with Gasteiger partial charge in [-0.3, -0.25) is 4.99 Å². The van der Waals surface area contributed by atoms with Crippen molar-refractivity contribution in [3.63, 3.8) is 0 Å². The molecule has 1 heterocycles. The minimum atomic E-state index is -0.198. The number of benzene rings is 1. The van der Waals surface area contributed by atoms with Gasteiger partial charge in [-0.15, -0.1) is 0 Å². The Morgan fingerprint density at radius 2 is 1.94 bits per heavy atom. The van der Waals surface area contributed by atoms with Crippen molar-refractivity contribution in [1.82, 2.24) is 0 Å². The van der Waals surface area contributed by atoms with Crippen LogP contribution in [0.5, 0.6) is 0 Å². The van der Waals surface area contributed by atoms with Crippen LogP contribution in [0.3, 0.4) is 0 Å². The van der Waals surface area contributed by atoms with Crippen LogP contribution in [0, 0.1) is 5.82 Å². The summed E-state index contributed by atoms with van der Waals surface area (Å²) in [5.74, 6) is -0.198. The second kappa shape index (κ2) is 6.21. The summed E-state index contributed by atoms with van der Waals surface area (Å²) in [6, 6.07) is 6.61. The van der Waals surface area contributed by atoms with E-state index in [4.69, 9.17) is 0 Å². The van der Waals surface area contributed by atoms with Gasteiger partial charge >= 0.3 is 0 Å². The van der Waals surface area contributed by atoms with Crippen LogP contribution in [0.2, 0.25) is 0 Å². The molecular weight excluding hydrogens is 201 g/mol. The van der Waals surface area contributed by atoms with Crippen molar-refractivity contribution in [2.24, 2.45) is 4.99 Å². The zero-order valence-corrected chi connectivity index (χ0v) is 10.1. The van der Waals surface area contributed by atoms with Gasteiger partial charge in [-0.05, 0) is 37.5 Å². The summed E-state index contributed by atoms with van der Waals surface area (Å²) in [6.07, 6.45) is 3.80. The molecule has 0 radical (unpaired) electrons. The summed E-state index contributed by atoms with van der Waals surface area (Å²) in [5, 5.41) is 0. The highest BCUT2D eigenvalue weighted by Crippen LogP contribution is 2.16. The van der Waals surface area contributed by atoms with Gasteiger partial charge in [0.1, 0.15) is 5.82 Å². The van der Waals surface area contributed by atoms with Gasteiger partial charge in [-0.1, -0.05) is 31.6 Å². The summed E-state index contributed by atoms with van der Waals surface area (Å²) in [5.41, 5.74) is 3.16. The Balaban J connectivity index is 0.000000606. The highest BCUT2D eigenvalue weighted by Gasteiger charge is 2.07. The smallest absolute Gasteiger partial charge is 0.123 e. The third-order valence-electron chi connectivity index (χ3n) is 2.35. The maximum Gasteiger partial charge on any atom is 0.123 e. The van der Waals surface area contributed by atoms with E-state index in [2.05, 4.69) is 11.9 Å². The van der Waals surface area contributed by atoms with E-state index in [1.54, 1.807) is 6.07 Å². The minimum Gasteiger partial charge on any atom is -0.261 e. The van der Waals surface area contributed by atoms with E-state index in [0.29, 0.717) is 0 Å². The molecule has 1 aromatic rings. The highest BCUT2D eigenvalue weighted by atomic mass is 19.1. The molecule has 0 N–H and O–H groups in total. The highest BCUT2D eigenvalue weighted by molar-refractivity contribution is 6.01. The Labute approximate surface area is 96.7 Å². The van der Waals surface area contributed by atoms with Crippen LogP contribution < -0.4 is 0 Å². The third kappa shape index (κ3) is 3.30. The van der Waals surface area contributed by atoms with Gasteiger partial charge in [0.05, 0.1) is 0 Å². The maximum absolute atomic E-state index is 12.9. The summed E-state index contributed by atoms with van der Waals surface area (Å²) < 4.78 is 12.9. The first kappa shape index (κ1) is 12.6. The van der Waals surface area contributed by atoms with Gasteiger partial charge in [0.2, 0.25) is 0 Å². The molecule has 0 bridgehead atoms. The zero-order valence-electron chi connectivity index (χ0n) is 10.1. The number of halogens is 1. The lowest BCUT2D eigenvalue weighted by Crippen LogP contribution is -2.04. The number of hydrogen-bond acceptors (Lipinski definition) is 1. The van der Waals surface area contributed by atoms with Gasteiger partial charge in [0.15, 0.2) is 0 Å². The monoisotopic (exact) mass is 219 g/mol. The van der Waals surface area contributed by atoms with Crippen LogP contribution in [0.4, 0.5) is 4.39 Å². The van der Waals surface area contributed by atoms with E-state index in [1.807, 2.05) is 26.1 Å². The predicted octanol–water partition coefficient (Wildman–Crippen LogP) is 4.34. The van der Waals surface area contributed by atoms with Gasteiger partial charge in [-0.2, -0.15) is 0 Å². The molecule has 16 heavy (non-hydrogen) atoms. The molecule has 0 aliphatic carbocycles. The number of hydrogen-bond donors (Lipinski definition) is 0. The molecule has 0 spiro atoms.